The predicted octanol–water partition coefficient (Wildman–Crippen LogP) is 1.99. The van der Waals surface area contributed by atoms with Crippen LogP contribution in [-0.2, 0) is 0 Å². The molecule has 0 amide bonds. The summed E-state index contributed by atoms with van der Waals surface area (Å²) in [5.74, 6) is 1.84. The molecule has 0 aromatic carbocycles. The number of hydrogen-bond donors (Lipinski definition) is 0. The zero-order valence-corrected chi connectivity index (χ0v) is 13.4. The van der Waals surface area contributed by atoms with Crippen LogP contribution >= 0.6 is 0 Å². The highest BCUT2D eigenvalue weighted by atomic mass is 15.3. The van der Waals surface area contributed by atoms with Crippen molar-refractivity contribution in [1.82, 2.24) is 19.9 Å². The van der Waals surface area contributed by atoms with E-state index in [0.717, 1.165) is 49.0 Å². The average Bonchev–Trinajstić information content (AvgIpc) is 2.55. The van der Waals surface area contributed by atoms with Crippen molar-refractivity contribution in [3.63, 3.8) is 0 Å². The molecule has 116 valence electrons. The fourth-order valence-electron chi connectivity index (χ4n) is 2.83. The summed E-state index contributed by atoms with van der Waals surface area (Å²) in [6, 6.07) is 2.52. The first-order valence-electron chi connectivity index (χ1n) is 7.68. The monoisotopic (exact) mass is 298 g/mol. The van der Waals surface area contributed by atoms with E-state index in [2.05, 4.69) is 36.8 Å². The van der Waals surface area contributed by atoms with Crippen LogP contribution in [0.4, 0.5) is 11.8 Å². The summed E-state index contributed by atoms with van der Waals surface area (Å²) in [5.41, 5.74) is 2.10. The molecule has 6 nitrogen and oxygen atoms in total. The van der Waals surface area contributed by atoms with Gasteiger partial charge in [0.2, 0.25) is 5.95 Å². The molecular formula is C16H22N6. The van der Waals surface area contributed by atoms with Crippen molar-refractivity contribution >= 4 is 11.8 Å². The number of piperidine rings is 1. The molecule has 3 rings (SSSR count). The van der Waals surface area contributed by atoms with Gasteiger partial charge in [0.25, 0.3) is 0 Å². The highest BCUT2D eigenvalue weighted by Crippen LogP contribution is 2.22. The lowest BCUT2D eigenvalue weighted by Crippen LogP contribution is -2.44. The van der Waals surface area contributed by atoms with Gasteiger partial charge in [-0.2, -0.15) is 0 Å². The van der Waals surface area contributed by atoms with E-state index in [1.165, 1.54) is 0 Å². The summed E-state index contributed by atoms with van der Waals surface area (Å²) in [6.45, 7) is 6.00. The van der Waals surface area contributed by atoms with Gasteiger partial charge in [-0.15, -0.1) is 0 Å². The maximum Gasteiger partial charge on any atom is 0.225 e. The van der Waals surface area contributed by atoms with Gasteiger partial charge in [0, 0.05) is 50.3 Å². The predicted molar refractivity (Wildman–Crippen MR) is 87.2 cm³/mol. The highest BCUT2D eigenvalue weighted by molar-refractivity contribution is 5.40. The molecule has 0 aliphatic carbocycles. The minimum absolute atomic E-state index is 0.474. The van der Waals surface area contributed by atoms with Crippen molar-refractivity contribution in [2.24, 2.45) is 0 Å². The molecule has 1 saturated heterocycles. The van der Waals surface area contributed by atoms with Gasteiger partial charge in [0.15, 0.2) is 0 Å². The molecular weight excluding hydrogens is 276 g/mol. The number of nitrogens with zero attached hydrogens (tertiary/aromatic N) is 6. The van der Waals surface area contributed by atoms with Crippen molar-refractivity contribution in [1.29, 1.82) is 0 Å². The molecule has 0 unspecified atom stereocenters. The molecule has 1 fully saturated rings. The van der Waals surface area contributed by atoms with E-state index in [4.69, 9.17) is 0 Å². The molecule has 0 radical (unpaired) electrons. The third-order valence-electron chi connectivity index (χ3n) is 4.21. The summed E-state index contributed by atoms with van der Waals surface area (Å²) >= 11 is 0. The first kappa shape index (κ1) is 14.7. The molecule has 6 heteroatoms. The first-order chi connectivity index (χ1) is 10.6. The molecule has 0 bridgehead atoms. The van der Waals surface area contributed by atoms with Crippen LogP contribution in [0.25, 0.3) is 0 Å². The highest BCUT2D eigenvalue weighted by Gasteiger charge is 2.24. The van der Waals surface area contributed by atoms with Crippen LogP contribution in [-0.4, -0.2) is 46.1 Å². The van der Waals surface area contributed by atoms with Crippen LogP contribution in [0.1, 0.15) is 24.1 Å². The third kappa shape index (κ3) is 3.16. The molecule has 2 aromatic rings. The Labute approximate surface area is 131 Å². The van der Waals surface area contributed by atoms with E-state index in [1.54, 1.807) is 6.33 Å². The molecule has 0 spiro atoms. The maximum absolute atomic E-state index is 4.42. The molecule has 3 heterocycles. The van der Waals surface area contributed by atoms with E-state index in [-0.39, 0.29) is 0 Å². The molecule has 1 aliphatic rings. The summed E-state index contributed by atoms with van der Waals surface area (Å²) in [6.07, 6.45) is 7.55. The van der Waals surface area contributed by atoms with Gasteiger partial charge < -0.3 is 9.80 Å². The van der Waals surface area contributed by atoms with Gasteiger partial charge >= 0.3 is 0 Å². The van der Waals surface area contributed by atoms with Gasteiger partial charge in [-0.1, -0.05) is 0 Å². The molecule has 22 heavy (non-hydrogen) atoms. The number of rotatable bonds is 3. The van der Waals surface area contributed by atoms with Crippen molar-refractivity contribution in [2.45, 2.75) is 32.7 Å². The lowest BCUT2D eigenvalue weighted by Gasteiger charge is -2.37. The fraction of sp³-hybridized carbons (Fsp3) is 0.500. The van der Waals surface area contributed by atoms with E-state index >= 15 is 0 Å². The van der Waals surface area contributed by atoms with Crippen molar-refractivity contribution < 1.29 is 0 Å². The molecule has 1 aliphatic heterocycles. The quantitative estimate of drug-likeness (QED) is 0.863. The zero-order valence-electron chi connectivity index (χ0n) is 13.4. The number of aromatic nitrogens is 4. The normalized spacial score (nSPS) is 15.9. The Hall–Kier alpha value is -2.24. The number of anilines is 2. The van der Waals surface area contributed by atoms with E-state index in [1.807, 2.05) is 32.3 Å². The number of aryl methyl sites for hydroxylation is 2. The Kier molecular flexibility index (Phi) is 4.18. The summed E-state index contributed by atoms with van der Waals surface area (Å²) in [5, 5.41) is 0. The molecule has 0 saturated carbocycles. The Morgan fingerprint density at radius 1 is 1.05 bits per heavy atom. The van der Waals surface area contributed by atoms with Gasteiger partial charge in [-0.05, 0) is 32.3 Å². The van der Waals surface area contributed by atoms with E-state index < -0.39 is 0 Å². The van der Waals surface area contributed by atoms with Crippen molar-refractivity contribution in [3.05, 3.63) is 36.0 Å². The second kappa shape index (κ2) is 6.25. The van der Waals surface area contributed by atoms with Gasteiger partial charge in [0.05, 0.1) is 0 Å². The van der Waals surface area contributed by atoms with Crippen LogP contribution in [0.5, 0.6) is 0 Å². The minimum Gasteiger partial charge on any atom is -0.356 e. The summed E-state index contributed by atoms with van der Waals surface area (Å²) in [4.78, 5) is 21.9. The lowest BCUT2D eigenvalue weighted by atomic mass is 10.0. The van der Waals surface area contributed by atoms with Crippen molar-refractivity contribution in [3.8, 4) is 0 Å². The second-order valence-corrected chi connectivity index (χ2v) is 5.91. The number of hydrogen-bond acceptors (Lipinski definition) is 6. The molecule has 0 N–H and O–H groups in total. The SMILES string of the molecule is Cc1cnc(N(C)C2CCN(c3cc(C)ncn3)CC2)nc1. The Bertz CT molecular complexity index is 619. The Balaban J connectivity index is 1.62. The van der Waals surface area contributed by atoms with Gasteiger partial charge in [0.1, 0.15) is 12.1 Å². The molecule has 0 atom stereocenters. The van der Waals surface area contributed by atoms with Crippen molar-refractivity contribution in [2.75, 3.05) is 29.9 Å². The maximum atomic E-state index is 4.42. The largest absolute Gasteiger partial charge is 0.356 e. The second-order valence-electron chi connectivity index (χ2n) is 5.91. The van der Waals surface area contributed by atoms with Crippen LogP contribution in [0.3, 0.4) is 0 Å². The fourth-order valence-corrected chi connectivity index (χ4v) is 2.83. The Morgan fingerprint density at radius 2 is 1.73 bits per heavy atom. The topological polar surface area (TPSA) is 58.0 Å². The van der Waals surface area contributed by atoms with E-state index in [0.29, 0.717) is 6.04 Å². The summed E-state index contributed by atoms with van der Waals surface area (Å²) < 4.78 is 0. The van der Waals surface area contributed by atoms with Crippen LogP contribution < -0.4 is 9.80 Å². The Morgan fingerprint density at radius 3 is 2.36 bits per heavy atom. The first-order valence-corrected chi connectivity index (χ1v) is 7.68. The van der Waals surface area contributed by atoms with Gasteiger partial charge in [-0.3, -0.25) is 0 Å². The van der Waals surface area contributed by atoms with Crippen LogP contribution in [0.2, 0.25) is 0 Å². The smallest absolute Gasteiger partial charge is 0.225 e. The average molecular weight is 298 g/mol. The minimum atomic E-state index is 0.474. The summed E-state index contributed by atoms with van der Waals surface area (Å²) in [7, 11) is 2.08. The van der Waals surface area contributed by atoms with Crippen LogP contribution in [0.15, 0.2) is 24.8 Å². The third-order valence-corrected chi connectivity index (χ3v) is 4.21. The zero-order chi connectivity index (χ0) is 15.5. The van der Waals surface area contributed by atoms with Crippen LogP contribution in [0, 0.1) is 13.8 Å². The van der Waals surface area contributed by atoms with Gasteiger partial charge in [-0.25, -0.2) is 19.9 Å². The van der Waals surface area contributed by atoms with E-state index in [9.17, 15) is 0 Å². The lowest BCUT2D eigenvalue weighted by molar-refractivity contribution is 0.475. The standard InChI is InChI=1S/C16H22N6/c1-12-9-17-16(18-10-12)21(3)14-4-6-22(7-5-14)15-8-13(2)19-11-20-15/h8-11,14H,4-7H2,1-3H3. The molecule has 2 aromatic heterocycles.